The van der Waals surface area contributed by atoms with E-state index in [1.165, 1.54) is 19.3 Å². The molecule has 6 nitrogen and oxygen atoms in total. The van der Waals surface area contributed by atoms with E-state index in [1.54, 1.807) is 0 Å². The van der Waals surface area contributed by atoms with Gasteiger partial charge in [-0.2, -0.15) is 0 Å². The second-order valence-electron chi connectivity index (χ2n) is 7.25. The van der Waals surface area contributed by atoms with Crippen molar-refractivity contribution in [1.82, 2.24) is 15.1 Å². The molecule has 2 fully saturated rings. The van der Waals surface area contributed by atoms with E-state index in [1.807, 2.05) is 47.4 Å². The first-order valence-corrected chi connectivity index (χ1v) is 9.89. The minimum atomic E-state index is 0.0950. The maximum absolute atomic E-state index is 12.5. The molecular formula is C21H26N4O2. The zero-order valence-electron chi connectivity index (χ0n) is 15.6. The summed E-state index contributed by atoms with van der Waals surface area (Å²) in [5.41, 5.74) is 0.745. The zero-order valence-corrected chi connectivity index (χ0v) is 15.6. The third-order valence-corrected chi connectivity index (χ3v) is 5.38. The lowest BCUT2D eigenvalue weighted by Gasteiger charge is -2.35. The van der Waals surface area contributed by atoms with Crippen molar-refractivity contribution < 1.29 is 9.53 Å². The minimum Gasteiger partial charge on any atom is -0.473 e. The smallest absolute Gasteiger partial charge is 0.253 e. The van der Waals surface area contributed by atoms with Gasteiger partial charge in [-0.25, -0.2) is 0 Å². The van der Waals surface area contributed by atoms with Crippen LogP contribution in [-0.4, -0.2) is 53.3 Å². The van der Waals surface area contributed by atoms with Crippen LogP contribution in [0.15, 0.2) is 42.5 Å². The van der Waals surface area contributed by atoms with Crippen LogP contribution in [0.25, 0.3) is 0 Å². The van der Waals surface area contributed by atoms with Gasteiger partial charge in [0.25, 0.3) is 5.91 Å². The highest BCUT2D eigenvalue weighted by Gasteiger charge is 2.23. The summed E-state index contributed by atoms with van der Waals surface area (Å²) in [4.78, 5) is 16.6. The van der Waals surface area contributed by atoms with Gasteiger partial charge in [0.2, 0.25) is 5.88 Å². The van der Waals surface area contributed by atoms with Crippen LogP contribution in [0.3, 0.4) is 0 Å². The number of anilines is 1. The summed E-state index contributed by atoms with van der Waals surface area (Å²) in [6.45, 7) is 2.90. The predicted octanol–water partition coefficient (Wildman–Crippen LogP) is 3.15. The number of rotatable bonds is 4. The number of carbonyl (C=O) groups excluding carboxylic acids is 1. The molecule has 0 unspecified atom stereocenters. The van der Waals surface area contributed by atoms with E-state index in [9.17, 15) is 4.79 Å². The summed E-state index contributed by atoms with van der Waals surface area (Å²) < 4.78 is 5.95. The molecule has 2 aliphatic rings. The summed E-state index contributed by atoms with van der Waals surface area (Å²) in [7, 11) is 0. The van der Waals surface area contributed by atoms with E-state index in [0.717, 1.165) is 37.3 Å². The molecular weight excluding hydrogens is 340 g/mol. The van der Waals surface area contributed by atoms with Crippen LogP contribution < -0.4 is 9.64 Å². The molecule has 0 spiro atoms. The minimum absolute atomic E-state index is 0.0950. The average molecular weight is 366 g/mol. The largest absolute Gasteiger partial charge is 0.473 e. The lowest BCUT2D eigenvalue weighted by atomic mass is 9.98. The normalized spacial score (nSPS) is 18.4. The molecule has 27 heavy (non-hydrogen) atoms. The summed E-state index contributed by atoms with van der Waals surface area (Å²) in [6, 6.07) is 13.3. The summed E-state index contributed by atoms with van der Waals surface area (Å²) in [5.74, 6) is 1.55. The average Bonchev–Trinajstić information content (AvgIpc) is 2.75. The number of amides is 1. The van der Waals surface area contributed by atoms with Crippen LogP contribution in [0.5, 0.6) is 5.88 Å². The van der Waals surface area contributed by atoms with E-state index in [4.69, 9.17) is 4.74 Å². The Hall–Kier alpha value is -2.63. The molecule has 0 radical (unpaired) electrons. The highest BCUT2D eigenvalue weighted by atomic mass is 16.5. The molecule has 1 saturated heterocycles. The monoisotopic (exact) mass is 366 g/mol. The number of ether oxygens (including phenoxy) is 1. The van der Waals surface area contributed by atoms with Gasteiger partial charge < -0.3 is 14.5 Å². The maximum atomic E-state index is 12.5. The highest BCUT2D eigenvalue weighted by molar-refractivity contribution is 5.94. The number of hydrogen-bond acceptors (Lipinski definition) is 5. The third kappa shape index (κ3) is 4.38. The van der Waals surface area contributed by atoms with E-state index < -0.39 is 0 Å². The van der Waals surface area contributed by atoms with Crippen molar-refractivity contribution in [2.24, 2.45) is 0 Å². The number of piperazine rings is 1. The Balaban J connectivity index is 1.31. The summed E-state index contributed by atoms with van der Waals surface area (Å²) in [6.07, 6.45) is 6.29. The van der Waals surface area contributed by atoms with E-state index in [-0.39, 0.29) is 12.0 Å². The first kappa shape index (κ1) is 17.8. The van der Waals surface area contributed by atoms with Crippen molar-refractivity contribution in [3.8, 4) is 5.88 Å². The van der Waals surface area contributed by atoms with Crippen LogP contribution in [0, 0.1) is 0 Å². The zero-order chi connectivity index (χ0) is 18.5. The molecule has 0 atom stereocenters. The Bertz CT molecular complexity index is 737. The fraction of sp³-hybridized carbons (Fsp3) is 0.476. The van der Waals surface area contributed by atoms with E-state index in [0.29, 0.717) is 19.0 Å². The third-order valence-electron chi connectivity index (χ3n) is 5.38. The van der Waals surface area contributed by atoms with Crippen molar-refractivity contribution >= 4 is 11.7 Å². The first-order chi connectivity index (χ1) is 13.3. The maximum Gasteiger partial charge on any atom is 0.253 e. The molecule has 2 heterocycles. The number of benzene rings is 1. The molecule has 1 aromatic carbocycles. The lowest BCUT2D eigenvalue weighted by Crippen LogP contribution is -2.49. The van der Waals surface area contributed by atoms with Crippen molar-refractivity contribution in [3.63, 3.8) is 0 Å². The van der Waals surface area contributed by atoms with Gasteiger partial charge >= 0.3 is 0 Å². The van der Waals surface area contributed by atoms with E-state index in [2.05, 4.69) is 15.1 Å². The Morgan fingerprint density at radius 3 is 2.30 bits per heavy atom. The Kier molecular flexibility index (Phi) is 5.51. The molecule has 1 amide bonds. The molecule has 6 heteroatoms. The number of aromatic nitrogens is 2. The van der Waals surface area contributed by atoms with Gasteiger partial charge in [0.15, 0.2) is 5.82 Å². The topological polar surface area (TPSA) is 58.6 Å². The molecule has 1 aliphatic carbocycles. The van der Waals surface area contributed by atoms with Crippen molar-refractivity contribution in [3.05, 3.63) is 48.0 Å². The highest BCUT2D eigenvalue weighted by Crippen LogP contribution is 2.23. The van der Waals surface area contributed by atoms with Crippen LogP contribution in [0.2, 0.25) is 0 Å². The molecule has 142 valence electrons. The molecule has 1 saturated carbocycles. The van der Waals surface area contributed by atoms with Gasteiger partial charge in [-0.3, -0.25) is 4.79 Å². The van der Waals surface area contributed by atoms with Gasteiger partial charge in [-0.1, -0.05) is 24.6 Å². The van der Waals surface area contributed by atoms with Crippen LogP contribution >= 0.6 is 0 Å². The number of carbonyl (C=O) groups is 1. The van der Waals surface area contributed by atoms with Gasteiger partial charge in [0.05, 0.1) is 0 Å². The second kappa shape index (κ2) is 8.37. The van der Waals surface area contributed by atoms with Crippen molar-refractivity contribution in [2.75, 3.05) is 31.1 Å². The fourth-order valence-electron chi connectivity index (χ4n) is 3.80. The summed E-state index contributed by atoms with van der Waals surface area (Å²) >= 11 is 0. The van der Waals surface area contributed by atoms with Crippen molar-refractivity contribution in [1.29, 1.82) is 0 Å². The quantitative estimate of drug-likeness (QED) is 0.832. The molecule has 2 aromatic rings. The Morgan fingerprint density at radius 1 is 0.889 bits per heavy atom. The number of nitrogens with zero attached hydrogens (tertiary/aromatic N) is 4. The van der Waals surface area contributed by atoms with Crippen LogP contribution in [0.1, 0.15) is 42.5 Å². The van der Waals surface area contributed by atoms with Gasteiger partial charge in [0.1, 0.15) is 6.10 Å². The van der Waals surface area contributed by atoms with Crippen molar-refractivity contribution in [2.45, 2.75) is 38.2 Å². The Labute approximate surface area is 160 Å². The standard InChI is InChI=1S/C21H26N4O2/c26-21(17-7-3-1-4-8-17)25-15-13-24(14-16-25)19-11-12-20(23-22-19)27-18-9-5-2-6-10-18/h1,3-4,7-8,11-12,18H,2,5-6,9-10,13-16H2. The summed E-state index contributed by atoms with van der Waals surface area (Å²) in [5, 5.41) is 8.60. The van der Waals surface area contributed by atoms with E-state index >= 15 is 0 Å². The predicted molar refractivity (Wildman–Crippen MR) is 104 cm³/mol. The molecule has 0 N–H and O–H groups in total. The molecule has 4 rings (SSSR count). The van der Waals surface area contributed by atoms with Crippen LogP contribution in [0.4, 0.5) is 5.82 Å². The fourth-order valence-corrected chi connectivity index (χ4v) is 3.80. The van der Waals surface area contributed by atoms with Gasteiger partial charge in [-0.15, -0.1) is 10.2 Å². The second-order valence-corrected chi connectivity index (χ2v) is 7.25. The van der Waals surface area contributed by atoms with Gasteiger partial charge in [0, 0.05) is 37.8 Å². The Morgan fingerprint density at radius 2 is 1.63 bits per heavy atom. The first-order valence-electron chi connectivity index (χ1n) is 9.89. The number of hydrogen-bond donors (Lipinski definition) is 0. The lowest BCUT2D eigenvalue weighted by molar-refractivity contribution is 0.0746. The molecule has 1 aromatic heterocycles. The van der Waals surface area contributed by atoms with Crippen LogP contribution in [-0.2, 0) is 0 Å². The van der Waals surface area contributed by atoms with Gasteiger partial charge in [-0.05, 0) is 43.9 Å². The molecule has 1 aliphatic heterocycles. The SMILES string of the molecule is O=C(c1ccccc1)N1CCN(c2ccc(OC3CCCCC3)nn2)CC1. The molecule has 0 bridgehead atoms.